The zero-order valence-electron chi connectivity index (χ0n) is 18.3. The normalized spacial score (nSPS) is 17.0. The molecule has 1 saturated heterocycles. The van der Waals surface area contributed by atoms with Crippen LogP contribution in [0.5, 0.6) is 0 Å². The lowest BCUT2D eigenvalue weighted by Gasteiger charge is -2.41. The minimum atomic E-state index is -0.0200. The summed E-state index contributed by atoms with van der Waals surface area (Å²) < 4.78 is 5.65. The fourth-order valence-corrected chi connectivity index (χ4v) is 3.88. The zero-order valence-corrected chi connectivity index (χ0v) is 20.6. The van der Waals surface area contributed by atoms with E-state index in [0.717, 1.165) is 45.1 Å². The lowest BCUT2D eigenvalue weighted by Crippen LogP contribution is -2.58. The molecule has 3 rings (SSSR count). The smallest absolute Gasteiger partial charge is 0.191 e. The van der Waals surface area contributed by atoms with Crippen LogP contribution in [0.2, 0.25) is 0 Å². The Balaban J connectivity index is 0.00000320. The van der Waals surface area contributed by atoms with Gasteiger partial charge < -0.3 is 20.7 Å². The maximum atomic E-state index is 5.65. The molecule has 164 valence electrons. The number of aryl methyl sites for hydroxylation is 1. The molecule has 30 heavy (non-hydrogen) atoms. The molecule has 2 aromatic rings. The number of nitrogens with one attached hydrogen (secondary N) is 3. The van der Waals surface area contributed by atoms with Gasteiger partial charge in [-0.15, -0.1) is 24.0 Å². The zero-order chi connectivity index (χ0) is 20.5. The highest BCUT2D eigenvalue weighted by Crippen LogP contribution is 2.25. The summed E-state index contributed by atoms with van der Waals surface area (Å²) in [5.74, 6) is 0.827. The molecule has 1 heterocycles. The molecule has 0 radical (unpaired) electrons. The van der Waals surface area contributed by atoms with E-state index in [1.54, 1.807) is 0 Å². The number of ether oxygens (including phenoxy) is 1. The Bertz CT molecular complexity index is 791. The molecular weight excluding hydrogens is 487 g/mol. The Morgan fingerprint density at radius 2 is 1.70 bits per heavy atom. The Morgan fingerprint density at radius 1 is 1.03 bits per heavy atom. The van der Waals surface area contributed by atoms with Crippen molar-refractivity contribution in [2.45, 2.75) is 44.8 Å². The van der Waals surface area contributed by atoms with Crippen molar-refractivity contribution < 1.29 is 4.74 Å². The minimum absolute atomic E-state index is 0. The van der Waals surface area contributed by atoms with Crippen LogP contribution in [0.4, 0.5) is 0 Å². The maximum Gasteiger partial charge on any atom is 0.191 e. The van der Waals surface area contributed by atoms with Crippen molar-refractivity contribution in [3.8, 4) is 0 Å². The number of hydrogen-bond donors (Lipinski definition) is 3. The Morgan fingerprint density at radius 3 is 2.37 bits per heavy atom. The number of aliphatic imine (C=N–C) groups is 1. The lowest BCUT2D eigenvalue weighted by atomic mass is 9.88. The summed E-state index contributed by atoms with van der Waals surface area (Å²) in [4.78, 5) is 4.42. The van der Waals surface area contributed by atoms with Gasteiger partial charge in [0.1, 0.15) is 0 Å². The highest BCUT2D eigenvalue weighted by atomic mass is 127. The van der Waals surface area contributed by atoms with E-state index < -0.39 is 0 Å². The van der Waals surface area contributed by atoms with Gasteiger partial charge in [-0.2, -0.15) is 0 Å². The van der Waals surface area contributed by atoms with E-state index in [-0.39, 0.29) is 35.6 Å². The van der Waals surface area contributed by atoms with Crippen molar-refractivity contribution in [1.82, 2.24) is 16.0 Å². The average Bonchev–Trinajstić information content (AvgIpc) is 2.76. The molecule has 5 nitrogen and oxygen atoms in total. The third-order valence-corrected chi connectivity index (χ3v) is 5.80. The lowest BCUT2D eigenvalue weighted by molar-refractivity contribution is 0.0355. The van der Waals surface area contributed by atoms with Crippen molar-refractivity contribution in [3.63, 3.8) is 0 Å². The van der Waals surface area contributed by atoms with Gasteiger partial charge in [0, 0.05) is 44.9 Å². The van der Waals surface area contributed by atoms with Crippen molar-refractivity contribution in [1.29, 1.82) is 0 Å². The number of benzene rings is 2. The van der Waals surface area contributed by atoms with Crippen molar-refractivity contribution in [3.05, 3.63) is 71.3 Å². The second-order valence-electron chi connectivity index (χ2n) is 7.88. The maximum absolute atomic E-state index is 5.65. The van der Waals surface area contributed by atoms with E-state index in [9.17, 15) is 0 Å². The van der Waals surface area contributed by atoms with E-state index in [1.165, 1.54) is 16.7 Å². The van der Waals surface area contributed by atoms with Crippen LogP contribution in [-0.4, -0.2) is 38.3 Å². The Hall–Kier alpha value is -1.64. The number of guanidine groups is 1. The number of nitrogens with zero attached hydrogens (tertiary/aromatic N) is 1. The summed E-state index contributed by atoms with van der Waals surface area (Å²) in [5.41, 5.74) is 3.86. The summed E-state index contributed by atoms with van der Waals surface area (Å²) in [6.07, 6.45) is 1.96. The van der Waals surface area contributed by atoms with Crippen molar-refractivity contribution in [2.24, 2.45) is 4.99 Å². The molecule has 0 saturated carbocycles. The number of hydrogen-bond acceptors (Lipinski definition) is 3. The van der Waals surface area contributed by atoms with Crippen LogP contribution >= 0.6 is 24.0 Å². The van der Waals surface area contributed by atoms with Crippen LogP contribution in [0.3, 0.4) is 0 Å². The van der Waals surface area contributed by atoms with Crippen LogP contribution < -0.4 is 16.0 Å². The molecule has 3 N–H and O–H groups in total. The molecule has 2 aromatic carbocycles. The van der Waals surface area contributed by atoms with Crippen LogP contribution in [0.15, 0.2) is 59.6 Å². The van der Waals surface area contributed by atoms with E-state index in [2.05, 4.69) is 89.4 Å². The predicted octanol–water partition coefficient (Wildman–Crippen LogP) is 4.18. The van der Waals surface area contributed by atoms with Crippen LogP contribution in [0, 0.1) is 6.92 Å². The molecule has 1 aliphatic heterocycles. The summed E-state index contributed by atoms with van der Waals surface area (Å²) in [6.45, 7) is 7.51. The summed E-state index contributed by atoms with van der Waals surface area (Å²) >= 11 is 0. The molecule has 1 unspecified atom stereocenters. The standard InChI is InChI=1S/C24H34N4O.HI/c1-19-9-7-8-12-22(19)17-26-23(25-3)27-18-24(13-15-29-16-14-24)28-20(2)21-10-5-4-6-11-21;/h4-12,20,28H,13-18H2,1-3H3,(H2,25,26,27);1H. The van der Waals surface area contributed by atoms with Gasteiger partial charge >= 0.3 is 0 Å². The van der Waals surface area contributed by atoms with Gasteiger partial charge in [-0.1, -0.05) is 54.6 Å². The first kappa shape index (κ1) is 24.6. The van der Waals surface area contributed by atoms with Crippen LogP contribution in [0.25, 0.3) is 0 Å². The molecule has 0 amide bonds. The molecule has 0 aromatic heterocycles. The van der Waals surface area contributed by atoms with Crippen molar-refractivity contribution in [2.75, 3.05) is 26.8 Å². The van der Waals surface area contributed by atoms with Crippen molar-refractivity contribution >= 4 is 29.9 Å². The molecule has 1 fully saturated rings. The first-order chi connectivity index (χ1) is 14.1. The second kappa shape index (κ2) is 12.3. The van der Waals surface area contributed by atoms with Gasteiger partial charge in [0.15, 0.2) is 5.96 Å². The summed E-state index contributed by atoms with van der Waals surface area (Å²) in [6, 6.07) is 19.3. The topological polar surface area (TPSA) is 57.7 Å². The number of halogens is 1. The minimum Gasteiger partial charge on any atom is -0.381 e. The largest absolute Gasteiger partial charge is 0.381 e. The highest BCUT2D eigenvalue weighted by molar-refractivity contribution is 14.0. The molecule has 0 bridgehead atoms. The van der Waals surface area contributed by atoms with Gasteiger partial charge in [0.05, 0.1) is 0 Å². The third-order valence-electron chi connectivity index (χ3n) is 5.80. The molecule has 0 spiro atoms. The van der Waals surface area contributed by atoms with Gasteiger partial charge in [-0.3, -0.25) is 4.99 Å². The first-order valence-corrected chi connectivity index (χ1v) is 10.5. The van der Waals surface area contributed by atoms with E-state index in [4.69, 9.17) is 4.74 Å². The monoisotopic (exact) mass is 522 g/mol. The van der Waals surface area contributed by atoms with Gasteiger partial charge in [-0.05, 0) is 43.4 Å². The third kappa shape index (κ3) is 6.96. The fraction of sp³-hybridized carbons (Fsp3) is 0.458. The van der Waals surface area contributed by atoms with Gasteiger partial charge in [0.2, 0.25) is 0 Å². The fourth-order valence-electron chi connectivity index (χ4n) is 3.88. The van der Waals surface area contributed by atoms with Gasteiger partial charge in [-0.25, -0.2) is 0 Å². The number of rotatable bonds is 7. The highest BCUT2D eigenvalue weighted by Gasteiger charge is 2.34. The average molecular weight is 522 g/mol. The first-order valence-electron chi connectivity index (χ1n) is 10.5. The quantitative estimate of drug-likeness (QED) is 0.290. The molecular formula is C24H35IN4O. The molecule has 6 heteroatoms. The SMILES string of the molecule is CN=C(NCc1ccccc1C)NCC1(NC(C)c2ccccc2)CCOCC1.I. The van der Waals surface area contributed by atoms with Gasteiger partial charge in [0.25, 0.3) is 0 Å². The molecule has 1 atom stereocenters. The summed E-state index contributed by atoms with van der Waals surface area (Å²) in [7, 11) is 1.82. The Kier molecular flexibility index (Phi) is 10.1. The van der Waals surface area contributed by atoms with Crippen LogP contribution in [0.1, 0.15) is 42.5 Å². The van der Waals surface area contributed by atoms with E-state index in [0.29, 0.717) is 0 Å². The Labute approximate surface area is 198 Å². The predicted molar refractivity (Wildman–Crippen MR) is 136 cm³/mol. The molecule has 1 aliphatic rings. The molecule has 0 aliphatic carbocycles. The summed E-state index contributed by atoms with van der Waals surface area (Å²) in [5, 5.41) is 10.9. The second-order valence-corrected chi connectivity index (χ2v) is 7.88. The van der Waals surface area contributed by atoms with Crippen LogP contribution in [-0.2, 0) is 11.3 Å². The van der Waals surface area contributed by atoms with E-state index in [1.807, 2.05) is 7.05 Å². The van der Waals surface area contributed by atoms with E-state index >= 15 is 0 Å².